The summed E-state index contributed by atoms with van der Waals surface area (Å²) >= 11 is 0. The highest BCUT2D eigenvalue weighted by molar-refractivity contribution is 5.94. The number of nitro benzene ring substituents is 1. The highest BCUT2D eigenvalue weighted by atomic mass is 19.4. The number of anilines is 1. The predicted molar refractivity (Wildman–Crippen MR) is 54.2 cm³/mol. The monoisotopic (exact) mass is 264 g/mol. The van der Waals surface area contributed by atoms with Crippen molar-refractivity contribution in [3.8, 4) is 0 Å². The molecule has 0 aliphatic heterocycles. The van der Waals surface area contributed by atoms with E-state index in [0.29, 0.717) is 12.1 Å². The molecule has 0 aliphatic rings. The van der Waals surface area contributed by atoms with Crippen molar-refractivity contribution in [1.29, 1.82) is 0 Å². The maximum Gasteiger partial charge on any atom is 0.393 e. The van der Waals surface area contributed by atoms with Crippen molar-refractivity contribution in [1.82, 2.24) is 0 Å². The second-order valence-corrected chi connectivity index (χ2v) is 3.42. The minimum absolute atomic E-state index is 0.452. The molecule has 98 valence electrons. The Morgan fingerprint density at radius 3 is 2.39 bits per heavy atom. The Morgan fingerprint density at radius 2 is 2.00 bits per heavy atom. The SMILES string of the molecule is Nc1cc(CC(F)(F)F)c([N+](=O)[O-])cc1C(=O)O. The number of nitrogen functional groups attached to an aromatic ring is 1. The number of carboxylic acids is 1. The Labute approximate surface area is 98.0 Å². The number of aromatic carboxylic acids is 1. The first-order chi connectivity index (χ1) is 8.11. The Kier molecular flexibility index (Phi) is 3.44. The van der Waals surface area contributed by atoms with Gasteiger partial charge in [-0.15, -0.1) is 0 Å². The molecule has 0 radical (unpaired) electrons. The van der Waals surface area contributed by atoms with Gasteiger partial charge >= 0.3 is 12.1 Å². The molecular weight excluding hydrogens is 257 g/mol. The van der Waals surface area contributed by atoms with Gasteiger partial charge in [0.05, 0.1) is 16.9 Å². The maximum atomic E-state index is 12.2. The first-order valence-electron chi connectivity index (χ1n) is 4.48. The van der Waals surface area contributed by atoms with E-state index in [-0.39, 0.29) is 0 Å². The molecule has 0 aromatic heterocycles. The first kappa shape index (κ1) is 13.7. The van der Waals surface area contributed by atoms with Gasteiger partial charge in [0.25, 0.3) is 5.69 Å². The molecule has 0 bridgehead atoms. The van der Waals surface area contributed by atoms with Crippen LogP contribution in [-0.4, -0.2) is 22.2 Å². The second-order valence-electron chi connectivity index (χ2n) is 3.42. The van der Waals surface area contributed by atoms with Gasteiger partial charge in [0, 0.05) is 17.3 Å². The number of carboxylic acid groups (broad SMARTS) is 1. The number of benzene rings is 1. The van der Waals surface area contributed by atoms with Crippen LogP contribution in [0.5, 0.6) is 0 Å². The summed E-state index contributed by atoms with van der Waals surface area (Å²) in [7, 11) is 0. The van der Waals surface area contributed by atoms with Gasteiger partial charge in [-0.1, -0.05) is 0 Å². The topological polar surface area (TPSA) is 106 Å². The van der Waals surface area contributed by atoms with Gasteiger partial charge in [-0.05, 0) is 6.07 Å². The third-order valence-corrected chi connectivity index (χ3v) is 2.07. The lowest BCUT2D eigenvalue weighted by atomic mass is 10.0. The fourth-order valence-electron chi connectivity index (χ4n) is 1.36. The average Bonchev–Trinajstić information content (AvgIpc) is 2.13. The van der Waals surface area contributed by atoms with Crippen LogP contribution in [0.1, 0.15) is 15.9 Å². The van der Waals surface area contributed by atoms with Crippen LogP contribution in [-0.2, 0) is 6.42 Å². The zero-order valence-corrected chi connectivity index (χ0v) is 8.69. The van der Waals surface area contributed by atoms with E-state index in [9.17, 15) is 28.1 Å². The maximum absolute atomic E-state index is 12.2. The van der Waals surface area contributed by atoms with Crippen LogP contribution in [0, 0.1) is 10.1 Å². The molecule has 0 heterocycles. The van der Waals surface area contributed by atoms with Crippen LogP contribution in [0.3, 0.4) is 0 Å². The lowest BCUT2D eigenvalue weighted by Gasteiger charge is -2.09. The Balaban J connectivity index is 3.38. The summed E-state index contributed by atoms with van der Waals surface area (Å²) < 4.78 is 36.6. The van der Waals surface area contributed by atoms with Gasteiger partial charge in [0.15, 0.2) is 0 Å². The Hall–Kier alpha value is -2.32. The van der Waals surface area contributed by atoms with E-state index in [4.69, 9.17) is 10.8 Å². The van der Waals surface area contributed by atoms with Crippen molar-refractivity contribution in [2.45, 2.75) is 12.6 Å². The number of nitrogens with zero attached hydrogens (tertiary/aromatic N) is 1. The van der Waals surface area contributed by atoms with Gasteiger partial charge in [-0.3, -0.25) is 10.1 Å². The molecule has 9 heteroatoms. The van der Waals surface area contributed by atoms with E-state index < -0.39 is 46.0 Å². The molecule has 0 amide bonds. The normalized spacial score (nSPS) is 11.3. The summed E-state index contributed by atoms with van der Waals surface area (Å²) in [5, 5.41) is 19.3. The molecule has 3 N–H and O–H groups in total. The molecule has 6 nitrogen and oxygen atoms in total. The molecule has 18 heavy (non-hydrogen) atoms. The summed E-state index contributed by atoms with van der Waals surface area (Å²) in [6, 6.07) is 1.19. The highest BCUT2D eigenvalue weighted by Gasteiger charge is 2.32. The third kappa shape index (κ3) is 3.09. The van der Waals surface area contributed by atoms with Crippen molar-refractivity contribution >= 4 is 17.3 Å². The predicted octanol–water partition coefficient (Wildman–Crippen LogP) is 1.98. The van der Waals surface area contributed by atoms with E-state index in [2.05, 4.69) is 0 Å². The summed E-state index contributed by atoms with van der Waals surface area (Å²) in [6.07, 6.45) is -6.20. The van der Waals surface area contributed by atoms with E-state index in [0.717, 1.165) is 0 Å². The summed E-state index contributed by atoms with van der Waals surface area (Å²) in [6.45, 7) is 0. The minimum Gasteiger partial charge on any atom is -0.478 e. The number of alkyl halides is 3. The van der Waals surface area contributed by atoms with Crippen molar-refractivity contribution in [2.24, 2.45) is 0 Å². The van der Waals surface area contributed by atoms with Crippen LogP contribution in [0.2, 0.25) is 0 Å². The number of hydrogen-bond acceptors (Lipinski definition) is 4. The number of rotatable bonds is 3. The molecule has 0 saturated carbocycles. The zero-order chi connectivity index (χ0) is 14.1. The fourth-order valence-corrected chi connectivity index (χ4v) is 1.36. The van der Waals surface area contributed by atoms with Crippen LogP contribution in [0.15, 0.2) is 12.1 Å². The lowest BCUT2D eigenvalue weighted by molar-refractivity contribution is -0.386. The van der Waals surface area contributed by atoms with Gasteiger partial charge in [-0.25, -0.2) is 4.79 Å². The lowest BCUT2D eigenvalue weighted by Crippen LogP contribution is -2.14. The number of nitrogens with two attached hydrogens (primary N) is 1. The summed E-state index contributed by atoms with van der Waals surface area (Å²) in [5.41, 5.74) is 2.59. The number of carbonyl (C=O) groups is 1. The minimum atomic E-state index is -4.65. The van der Waals surface area contributed by atoms with E-state index in [1.807, 2.05) is 0 Å². The first-order valence-corrected chi connectivity index (χ1v) is 4.48. The van der Waals surface area contributed by atoms with Crippen LogP contribution >= 0.6 is 0 Å². The number of hydrogen-bond donors (Lipinski definition) is 2. The molecular formula is C9H7F3N2O4. The number of halogens is 3. The fraction of sp³-hybridized carbons (Fsp3) is 0.222. The Morgan fingerprint density at radius 1 is 1.44 bits per heavy atom. The van der Waals surface area contributed by atoms with Gasteiger partial charge in [-0.2, -0.15) is 13.2 Å². The quantitative estimate of drug-likeness (QED) is 0.493. The third-order valence-electron chi connectivity index (χ3n) is 2.07. The molecule has 1 aromatic carbocycles. The molecule has 0 spiro atoms. The molecule has 0 aliphatic carbocycles. The smallest absolute Gasteiger partial charge is 0.393 e. The summed E-state index contributed by atoms with van der Waals surface area (Å²) in [4.78, 5) is 20.2. The average molecular weight is 264 g/mol. The van der Waals surface area contributed by atoms with Crippen molar-refractivity contribution in [2.75, 3.05) is 5.73 Å². The molecule has 1 aromatic rings. The second kappa shape index (κ2) is 4.51. The molecule has 0 saturated heterocycles. The van der Waals surface area contributed by atoms with Gasteiger partial charge in [0.2, 0.25) is 0 Å². The number of nitro groups is 1. The van der Waals surface area contributed by atoms with Gasteiger partial charge in [0.1, 0.15) is 0 Å². The highest BCUT2D eigenvalue weighted by Crippen LogP contribution is 2.31. The van der Waals surface area contributed by atoms with Crippen LogP contribution < -0.4 is 5.73 Å². The zero-order valence-electron chi connectivity index (χ0n) is 8.69. The van der Waals surface area contributed by atoms with E-state index in [1.54, 1.807) is 0 Å². The largest absolute Gasteiger partial charge is 0.478 e. The van der Waals surface area contributed by atoms with Gasteiger partial charge < -0.3 is 10.8 Å². The molecule has 1 rings (SSSR count). The molecule has 0 unspecified atom stereocenters. The van der Waals surface area contributed by atoms with Crippen molar-refractivity contribution < 1.29 is 28.0 Å². The van der Waals surface area contributed by atoms with Crippen molar-refractivity contribution in [3.63, 3.8) is 0 Å². The van der Waals surface area contributed by atoms with Crippen molar-refractivity contribution in [3.05, 3.63) is 33.4 Å². The summed E-state index contributed by atoms with van der Waals surface area (Å²) in [5.74, 6) is -1.55. The Bertz CT molecular complexity index is 513. The van der Waals surface area contributed by atoms with Crippen LogP contribution in [0.4, 0.5) is 24.5 Å². The van der Waals surface area contributed by atoms with Crippen LogP contribution in [0.25, 0.3) is 0 Å². The van der Waals surface area contributed by atoms with E-state index in [1.165, 1.54) is 0 Å². The molecule has 0 fully saturated rings. The molecule has 0 atom stereocenters. The standard InChI is InChI=1S/C9H7F3N2O4/c10-9(11,12)3-4-1-6(13)5(8(15)16)2-7(4)14(17)18/h1-2H,3,13H2,(H,15,16). The van der Waals surface area contributed by atoms with E-state index >= 15 is 0 Å².